The fourth-order valence-corrected chi connectivity index (χ4v) is 1.99. The van der Waals surface area contributed by atoms with E-state index in [9.17, 15) is 9.59 Å². The number of nitrogens with one attached hydrogen (secondary N) is 2. The number of anilines is 1. The summed E-state index contributed by atoms with van der Waals surface area (Å²) in [6, 6.07) is 5.68. The maximum absolute atomic E-state index is 11.8. The minimum absolute atomic E-state index is 0.136. The van der Waals surface area contributed by atoms with E-state index >= 15 is 0 Å². The topological polar surface area (TPSA) is 61.4 Å². The van der Waals surface area contributed by atoms with Crippen LogP contribution in [0, 0.1) is 13.8 Å². The zero-order chi connectivity index (χ0) is 13.1. The van der Waals surface area contributed by atoms with Gasteiger partial charge in [-0.25, -0.2) is 4.79 Å². The second-order valence-electron chi connectivity index (χ2n) is 4.45. The van der Waals surface area contributed by atoms with Gasteiger partial charge in [-0.3, -0.25) is 9.69 Å². The van der Waals surface area contributed by atoms with Crippen LogP contribution >= 0.6 is 0 Å². The van der Waals surface area contributed by atoms with Crippen molar-refractivity contribution in [3.63, 3.8) is 0 Å². The SMILES string of the molecule is Cc1ccc(NCC(=O)N2CCNC2=O)c(C)c1. The van der Waals surface area contributed by atoms with Crippen LogP contribution in [0.3, 0.4) is 0 Å². The highest BCUT2D eigenvalue weighted by Gasteiger charge is 2.25. The molecule has 1 heterocycles. The lowest BCUT2D eigenvalue weighted by Gasteiger charge is -2.14. The summed E-state index contributed by atoms with van der Waals surface area (Å²) in [6.45, 7) is 5.14. The average molecular weight is 247 g/mol. The van der Waals surface area contributed by atoms with Crippen LogP contribution in [0.1, 0.15) is 11.1 Å². The van der Waals surface area contributed by atoms with Gasteiger partial charge in [0.15, 0.2) is 0 Å². The van der Waals surface area contributed by atoms with Gasteiger partial charge in [0.1, 0.15) is 0 Å². The summed E-state index contributed by atoms with van der Waals surface area (Å²) in [7, 11) is 0. The van der Waals surface area contributed by atoms with Gasteiger partial charge in [-0.1, -0.05) is 17.7 Å². The summed E-state index contributed by atoms with van der Waals surface area (Å²) in [5.41, 5.74) is 3.20. The number of aryl methyl sites for hydroxylation is 2. The molecule has 5 heteroatoms. The zero-order valence-corrected chi connectivity index (χ0v) is 10.6. The molecule has 18 heavy (non-hydrogen) atoms. The molecule has 0 atom stereocenters. The van der Waals surface area contributed by atoms with Gasteiger partial charge in [0, 0.05) is 18.8 Å². The van der Waals surface area contributed by atoms with Crippen molar-refractivity contribution in [1.82, 2.24) is 10.2 Å². The number of rotatable bonds is 3. The fourth-order valence-electron chi connectivity index (χ4n) is 1.99. The molecule has 2 rings (SSSR count). The van der Waals surface area contributed by atoms with E-state index in [0.29, 0.717) is 13.1 Å². The van der Waals surface area contributed by atoms with E-state index in [-0.39, 0.29) is 18.5 Å². The summed E-state index contributed by atoms with van der Waals surface area (Å²) in [6.07, 6.45) is 0. The van der Waals surface area contributed by atoms with E-state index < -0.39 is 0 Å². The summed E-state index contributed by atoms with van der Waals surface area (Å²) < 4.78 is 0. The van der Waals surface area contributed by atoms with Gasteiger partial charge >= 0.3 is 6.03 Å². The Balaban J connectivity index is 1.95. The molecule has 1 aliphatic heterocycles. The lowest BCUT2D eigenvalue weighted by atomic mass is 10.1. The Labute approximate surface area is 106 Å². The highest BCUT2D eigenvalue weighted by atomic mass is 16.2. The van der Waals surface area contributed by atoms with E-state index in [4.69, 9.17) is 0 Å². The largest absolute Gasteiger partial charge is 0.376 e. The standard InChI is InChI=1S/C13H17N3O2/c1-9-3-4-11(10(2)7-9)15-8-12(17)16-6-5-14-13(16)18/h3-4,7,15H,5-6,8H2,1-2H3,(H,14,18). The molecule has 0 bridgehead atoms. The molecule has 5 nitrogen and oxygen atoms in total. The first-order chi connectivity index (χ1) is 8.58. The number of carbonyl (C=O) groups excluding carboxylic acids is 2. The lowest BCUT2D eigenvalue weighted by Crippen LogP contribution is -2.38. The smallest absolute Gasteiger partial charge is 0.324 e. The van der Waals surface area contributed by atoms with Crippen molar-refractivity contribution in [2.75, 3.05) is 25.0 Å². The number of hydrogen-bond donors (Lipinski definition) is 2. The quantitative estimate of drug-likeness (QED) is 0.845. The molecule has 1 aromatic carbocycles. The van der Waals surface area contributed by atoms with Gasteiger partial charge < -0.3 is 10.6 Å². The molecule has 2 N–H and O–H groups in total. The maximum atomic E-state index is 11.8. The number of imide groups is 1. The number of nitrogens with zero attached hydrogens (tertiary/aromatic N) is 1. The molecular weight excluding hydrogens is 230 g/mol. The predicted molar refractivity (Wildman–Crippen MR) is 69.5 cm³/mol. The second-order valence-corrected chi connectivity index (χ2v) is 4.45. The first kappa shape index (κ1) is 12.4. The highest BCUT2D eigenvalue weighted by Crippen LogP contribution is 2.15. The number of benzene rings is 1. The van der Waals surface area contributed by atoms with Gasteiger partial charge in [0.2, 0.25) is 5.91 Å². The molecule has 1 aromatic rings. The van der Waals surface area contributed by atoms with Crippen LogP contribution in [0.2, 0.25) is 0 Å². The molecule has 0 radical (unpaired) electrons. The first-order valence-electron chi connectivity index (χ1n) is 5.97. The third-order valence-electron chi connectivity index (χ3n) is 2.97. The summed E-state index contributed by atoms with van der Waals surface area (Å²) >= 11 is 0. The first-order valence-corrected chi connectivity index (χ1v) is 5.97. The third kappa shape index (κ3) is 2.61. The molecule has 1 fully saturated rings. The Bertz CT molecular complexity index is 485. The normalized spacial score (nSPS) is 14.6. The second kappa shape index (κ2) is 5.08. The molecule has 0 unspecified atom stereocenters. The van der Waals surface area contributed by atoms with E-state index in [2.05, 4.69) is 16.7 Å². The van der Waals surface area contributed by atoms with Crippen molar-refractivity contribution < 1.29 is 9.59 Å². The van der Waals surface area contributed by atoms with Crippen LogP contribution in [-0.4, -0.2) is 36.5 Å². The van der Waals surface area contributed by atoms with E-state index in [1.165, 1.54) is 10.5 Å². The van der Waals surface area contributed by atoms with E-state index in [0.717, 1.165) is 11.3 Å². The van der Waals surface area contributed by atoms with Crippen molar-refractivity contribution in [3.05, 3.63) is 29.3 Å². The Morgan fingerprint density at radius 1 is 1.44 bits per heavy atom. The van der Waals surface area contributed by atoms with Crippen molar-refractivity contribution in [2.24, 2.45) is 0 Å². The molecule has 0 aliphatic carbocycles. The predicted octanol–water partition coefficient (Wildman–Crippen LogP) is 1.27. The zero-order valence-electron chi connectivity index (χ0n) is 10.6. The third-order valence-corrected chi connectivity index (χ3v) is 2.97. The molecule has 0 saturated carbocycles. The Morgan fingerprint density at radius 3 is 2.83 bits per heavy atom. The lowest BCUT2D eigenvalue weighted by molar-refractivity contribution is -0.125. The Morgan fingerprint density at radius 2 is 2.22 bits per heavy atom. The van der Waals surface area contributed by atoms with Crippen LogP contribution in [-0.2, 0) is 4.79 Å². The Kier molecular flexibility index (Phi) is 3.50. The fraction of sp³-hybridized carbons (Fsp3) is 0.385. The van der Waals surface area contributed by atoms with Crippen molar-refractivity contribution in [1.29, 1.82) is 0 Å². The van der Waals surface area contributed by atoms with Gasteiger partial charge in [-0.15, -0.1) is 0 Å². The van der Waals surface area contributed by atoms with Crippen molar-refractivity contribution >= 4 is 17.6 Å². The minimum atomic E-state index is -0.303. The van der Waals surface area contributed by atoms with Crippen LogP contribution < -0.4 is 10.6 Å². The monoisotopic (exact) mass is 247 g/mol. The number of carbonyl (C=O) groups is 2. The Hall–Kier alpha value is -2.04. The van der Waals surface area contributed by atoms with Gasteiger partial charge in [0.05, 0.1) is 6.54 Å². The molecular formula is C13H17N3O2. The van der Waals surface area contributed by atoms with E-state index in [1.54, 1.807) is 0 Å². The van der Waals surface area contributed by atoms with Crippen LogP contribution in [0.4, 0.5) is 10.5 Å². The minimum Gasteiger partial charge on any atom is -0.376 e. The number of urea groups is 1. The van der Waals surface area contributed by atoms with Crippen LogP contribution in [0.15, 0.2) is 18.2 Å². The summed E-state index contributed by atoms with van der Waals surface area (Å²) in [5, 5.41) is 5.67. The summed E-state index contributed by atoms with van der Waals surface area (Å²) in [4.78, 5) is 24.3. The molecule has 96 valence electrons. The average Bonchev–Trinajstić information content (AvgIpc) is 2.74. The van der Waals surface area contributed by atoms with Crippen molar-refractivity contribution in [3.8, 4) is 0 Å². The molecule has 0 spiro atoms. The van der Waals surface area contributed by atoms with Crippen LogP contribution in [0.25, 0.3) is 0 Å². The highest BCUT2D eigenvalue weighted by molar-refractivity contribution is 5.97. The maximum Gasteiger partial charge on any atom is 0.324 e. The molecule has 1 aliphatic rings. The molecule has 3 amide bonds. The van der Waals surface area contributed by atoms with Gasteiger partial charge in [-0.05, 0) is 25.5 Å². The number of hydrogen-bond acceptors (Lipinski definition) is 3. The summed E-state index contributed by atoms with van der Waals surface area (Å²) in [5.74, 6) is -0.204. The molecule has 1 saturated heterocycles. The van der Waals surface area contributed by atoms with Crippen LogP contribution in [0.5, 0.6) is 0 Å². The van der Waals surface area contributed by atoms with Gasteiger partial charge in [-0.2, -0.15) is 0 Å². The van der Waals surface area contributed by atoms with Gasteiger partial charge in [0.25, 0.3) is 0 Å². The van der Waals surface area contributed by atoms with Crippen molar-refractivity contribution in [2.45, 2.75) is 13.8 Å². The number of amides is 3. The molecule has 0 aromatic heterocycles. The van der Waals surface area contributed by atoms with E-state index in [1.807, 2.05) is 26.0 Å².